The minimum absolute atomic E-state index is 0.0267. The van der Waals surface area contributed by atoms with Crippen LogP contribution in [0.25, 0.3) is 0 Å². The molecule has 0 saturated carbocycles. The van der Waals surface area contributed by atoms with Gasteiger partial charge in [-0.25, -0.2) is 17.6 Å². The third-order valence-electron chi connectivity index (χ3n) is 4.50. The molecule has 7 nitrogen and oxygen atoms in total. The van der Waals surface area contributed by atoms with E-state index in [-0.39, 0.29) is 24.8 Å². The number of hydrogen-bond donors (Lipinski definition) is 1. The van der Waals surface area contributed by atoms with Crippen LogP contribution in [0, 0.1) is 5.82 Å². The molecular formula is C17H17Cl2FN2O5S. The average molecular weight is 451 g/mol. The number of cyclic esters (lactones) is 1. The number of benzene rings is 1. The summed E-state index contributed by atoms with van der Waals surface area (Å²) >= 11 is 10.9. The Balaban J connectivity index is 1.68. The topological polar surface area (TPSA) is 92.8 Å². The highest BCUT2D eigenvalue weighted by atomic mass is 35.5. The van der Waals surface area contributed by atoms with Gasteiger partial charge < -0.3 is 10.1 Å². The first-order valence-electron chi connectivity index (χ1n) is 8.40. The highest BCUT2D eigenvalue weighted by Crippen LogP contribution is 2.31. The van der Waals surface area contributed by atoms with Crippen LogP contribution in [-0.2, 0) is 19.4 Å². The summed E-state index contributed by atoms with van der Waals surface area (Å²) in [4.78, 5) is 23.5. The molecule has 11 heteroatoms. The number of sulfone groups is 1. The molecule has 1 aromatic carbocycles. The van der Waals surface area contributed by atoms with Gasteiger partial charge in [0.25, 0.3) is 5.91 Å². The Morgan fingerprint density at radius 1 is 1.39 bits per heavy atom. The maximum Gasteiger partial charge on any atom is 0.414 e. The van der Waals surface area contributed by atoms with Gasteiger partial charge in [-0.15, -0.1) is 0 Å². The second-order valence-electron chi connectivity index (χ2n) is 6.46. The van der Waals surface area contributed by atoms with Gasteiger partial charge in [0.15, 0.2) is 14.7 Å². The number of allylic oxidation sites excluding steroid dienone is 1. The minimum atomic E-state index is -3.21. The zero-order valence-corrected chi connectivity index (χ0v) is 16.8. The predicted molar refractivity (Wildman–Crippen MR) is 103 cm³/mol. The highest BCUT2D eigenvalue weighted by molar-refractivity contribution is 7.94. The van der Waals surface area contributed by atoms with Crippen LogP contribution >= 0.6 is 23.2 Å². The van der Waals surface area contributed by atoms with E-state index in [4.69, 9.17) is 27.9 Å². The van der Waals surface area contributed by atoms with Crippen molar-refractivity contribution >= 4 is 50.7 Å². The Bertz CT molecular complexity index is 922. The van der Waals surface area contributed by atoms with Crippen molar-refractivity contribution in [2.75, 3.05) is 23.7 Å². The molecule has 0 bridgehead atoms. The number of carbonyl (C=O) groups excluding carboxylic acids is 2. The Kier molecular flexibility index (Phi) is 6.16. The molecule has 2 aliphatic rings. The molecular weight excluding hydrogens is 434 g/mol. The normalized spacial score (nSPS) is 23.7. The van der Waals surface area contributed by atoms with Crippen LogP contribution in [0.1, 0.15) is 17.9 Å². The molecule has 2 unspecified atom stereocenters. The zero-order valence-electron chi connectivity index (χ0n) is 14.5. The molecule has 2 aliphatic heterocycles. The van der Waals surface area contributed by atoms with E-state index in [1.54, 1.807) is 6.07 Å². The van der Waals surface area contributed by atoms with E-state index >= 15 is 0 Å². The summed E-state index contributed by atoms with van der Waals surface area (Å²) in [5, 5.41) is 3.56. The van der Waals surface area contributed by atoms with E-state index < -0.39 is 38.6 Å². The van der Waals surface area contributed by atoms with Crippen LogP contribution in [0.3, 0.4) is 0 Å². The lowest BCUT2D eigenvalue weighted by Crippen LogP contribution is -2.37. The Morgan fingerprint density at radius 3 is 2.75 bits per heavy atom. The molecule has 0 spiro atoms. The molecule has 2 amide bonds. The van der Waals surface area contributed by atoms with Crippen molar-refractivity contribution in [3.8, 4) is 0 Å². The molecule has 3 rings (SSSR count). The van der Waals surface area contributed by atoms with Gasteiger partial charge in [-0.1, -0.05) is 35.3 Å². The van der Waals surface area contributed by atoms with Gasteiger partial charge in [-0.3, -0.25) is 9.69 Å². The summed E-state index contributed by atoms with van der Waals surface area (Å²) in [6.07, 6.45) is 0.479. The number of nitrogens with one attached hydrogen (secondary N) is 1. The molecule has 1 saturated heterocycles. The van der Waals surface area contributed by atoms with Crippen molar-refractivity contribution in [1.82, 2.24) is 5.32 Å². The van der Waals surface area contributed by atoms with Gasteiger partial charge >= 0.3 is 6.09 Å². The number of anilines is 1. The van der Waals surface area contributed by atoms with Gasteiger partial charge in [0.05, 0.1) is 24.5 Å². The van der Waals surface area contributed by atoms with Gasteiger partial charge in [-0.05, 0) is 24.1 Å². The minimum Gasteiger partial charge on any atom is -0.442 e. The third-order valence-corrected chi connectivity index (χ3v) is 6.28. The second-order valence-corrected chi connectivity index (χ2v) is 9.56. The number of ether oxygens (including phenoxy) is 1. The largest absolute Gasteiger partial charge is 0.442 e. The summed E-state index contributed by atoms with van der Waals surface area (Å²) < 4.78 is 42.7. The quantitative estimate of drug-likeness (QED) is 0.695. The van der Waals surface area contributed by atoms with Crippen LogP contribution in [0.4, 0.5) is 14.9 Å². The number of amides is 2. The Hall–Kier alpha value is -1.84. The number of rotatable bonds is 5. The van der Waals surface area contributed by atoms with E-state index in [1.165, 1.54) is 23.1 Å². The van der Waals surface area contributed by atoms with Crippen LogP contribution in [0.2, 0.25) is 0 Å². The molecule has 1 N–H and O–H groups in total. The number of carbonyl (C=O) groups is 2. The molecule has 1 fully saturated rings. The zero-order chi connectivity index (χ0) is 20.5. The molecule has 0 aliphatic carbocycles. The molecule has 152 valence electrons. The summed E-state index contributed by atoms with van der Waals surface area (Å²) in [5.41, 5.74) is 0.668. The molecule has 0 radical (unpaired) electrons. The first-order chi connectivity index (χ1) is 13.2. The molecule has 0 aromatic heterocycles. The third kappa shape index (κ3) is 4.76. The van der Waals surface area contributed by atoms with Gasteiger partial charge in [0.1, 0.15) is 11.9 Å². The van der Waals surface area contributed by atoms with E-state index in [9.17, 15) is 22.4 Å². The Labute approximate surface area is 171 Å². The number of hydrogen-bond acceptors (Lipinski definition) is 5. The van der Waals surface area contributed by atoms with Gasteiger partial charge in [0.2, 0.25) is 0 Å². The SMILES string of the molecule is O=C(NCC1CN(c2ccc(C3C=CS(=O)(=O)CC3)c(F)c2)C(=O)O1)C(Cl)Cl. The fraction of sp³-hybridized carbons (Fsp3) is 0.412. The first-order valence-corrected chi connectivity index (χ1v) is 11.0. The fourth-order valence-electron chi connectivity index (χ4n) is 3.04. The van der Waals surface area contributed by atoms with Crippen molar-refractivity contribution in [3.05, 3.63) is 41.1 Å². The standard InChI is InChI=1S/C17H17Cl2FN2O5S/c18-15(19)16(23)21-8-12-9-22(17(24)27-12)11-1-2-13(14(20)7-11)10-3-5-28(25,26)6-4-10/h1-3,5,7,10,12,15H,4,6,8-9H2,(H,21,23). The van der Waals surface area contributed by atoms with Crippen molar-refractivity contribution in [2.45, 2.75) is 23.3 Å². The van der Waals surface area contributed by atoms with Crippen LogP contribution in [0.5, 0.6) is 0 Å². The lowest BCUT2D eigenvalue weighted by Gasteiger charge is -2.19. The van der Waals surface area contributed by atoms with Crippen LogP contribution in [-0.4, -0.2) is 50.2 Å². The summed E-state index contributed by atoms with van der Waals surface area (Å²) in [6, 6.07) is 4.32. The van der Waals surface area contributed by atoms with Crippen molar-refractivity contribution in [1.29, 1.82) is 0 Å². The van der Waals surface area contributed by atoms with Crippen LogP contribution < -0.4 is 10.2 Å². The van der Waals surface area contributed by atoms with E-state index in [0.29, 0.717) is 17.7 Å². The van der Waals surface area contributed by atoms with Crippen LogP contribution in [0.15, 0.2) is 29.7 Å². The molecule has 2 heterocycles. The highest BCUT2D eigenvalue weighted by Gasteiger charge is 2.33. The molecule has 28 heavy (non-hydrogen) atoms. The van der Waals surface area contributed by atoms with Gasteiger partial charge in [0, 0.05) is 11.3 Å². The van der Waals surface area contributed by atoms with Crippen molar-refractivity contribution in [3.63, 3.8) is 0 Å². The van der Waals surface area contributed by atoms with Gasteiger partial charge in [-0.2, -0.15) is 0 Å². The van der Waals surface area contributed by atoms with E-state index in [1.807, 2.05) is 0 Å². The molecule has 2 atom stereocenters. The number of halogens is 3. The van der Waals surface area contributed by atoms with Crippen molar-refractivity contribution in [2.24, 2.45) is 0 Å². The monoisotopic (exact) mass is 450 g/mol. The first kappa shape index (κ1) is 20.9. The molecule has 1 aromatic rings. The Morgan fingerprint density at radius 2 is 2.14 bits per heavy atom. The average Bonchev–Trinajstić information content (AvgIpc) is 3.00. The summed E-state index contributed by atoms with van der Waals surface area (Å²) in [6.45, 7) is 0.146. The fourth-order valence-corrected chi connectivity index (χ4v) is 4.35. The van der Waals surface area contributed by atoms with Crippen molar-refractivity contribution < 1.29 is 27.1 Å². The summed E-state index contributed by atoms with van der Waals surface area (Å²) in [5.74, 6) is -1.52. The lowest BCUT2D eigenvalue weighted by molar-refractivity contribution is -0.119. The maximum absolute atomic E-state index is 14.6. The van der Waals surface area contributed by atoms with E-state index in [2.05, 4.69) is 5.32 Å². The van der Waals surface area contributed by atoms with E-state index in [0.717, 1.165) is 5.41 Å². The lowest BCUT2D eigenvalue weighted by atomic mass is 9.95. The summed E-state index contributed by atoms with van der Waals surface area (Å²) in [7, 11) is -3.21. The maximum atomic E-state index is 14.6. The predicted octanol–water partition coefficient (Wildman–Crippen LogP) is 2.49. The second kappa shape index (κ2) is 8.26. The number of nitrogens with zero attached hydrogens (tertiary/aromatic N) is 1. The number of alkyl halides is 2. The smallest absolute Gasteiger partial charge is 0.414 e.